The number of carbonyl (C=O) groups excluding carboxylic acids is 1. The van der Waals surface area contributed by atoms with Crippen molar-refractivity contribution in [1.82, 2.24) is 15.3 Å². The molecule has 1 aliphatic heterocycles. The predicted octanol–water partition coefficient (Wildman–Crippen LogP) is 2.43. The number of benzene rings is 1. The summed E-state index contributed by atoms with van der Waals surface area (Å²) in [5.41, 5.74) is 1.78. The SMILES string of the molecule is Cc1cnc(N2CCCC(CNC(=O)c3ccccc3)C2)nc1. The van der Waals surface area contributed by atoms with Crippen molar-refractivity contribution in [3.05, 3.63) is 53.9 Å². The van der Waals surface area contributed by atoms with Crippen LogP contribution in [-0.4, -0.2) is 35.5 Å². The van der Waals surface area contributed by atoms with Gasteiger partial charge in [-0.2, -0.15) is 0 Å². The number of carbonyl (C=O) groups is 1. The quantitative estimate of drug-likeness (QED) is 0.942. The number of aryl methyl sites for hydroxylation is 1. The Bertz CT molecular complexity index is 642. The molecule has 0 saturated carbocycles. The maximum absolute atomic E-state index is 12.1. The summed E-state index contributed by atoms with van der Waals surface area (Å²) >= 11 is 0. The van der Waals surface area contributed by atoms with Crippen LogP contribution in [0.5, 0.6) is 0 Å². The number of rotatable bonds is 4. The Morgan fingerprint density at radius 1 is 1.26 bits per heavy atom. The zero-order valence-corrected chi connectivity index (χ0v) is 13.4. The third-order valence-corrected chi connectivity index (χ3v) is 4.16. The molecule has 23 heavy (non-hydrogen) atoms. The van der Waals surface area contributed by atoms with Gasteiger partial charge in [0.15, 0.2) is 0 Å². The van der Waals surface area contributed by atoms with Crippen molar-refractivity contribution >= 4 is 11.9 Å². The zero-order valence-electron chi connectivity index (χ0n) is 13.4. The Morgan fingerprint density at radius 2 is 2.00 bits per heavy atom. The minimum Gasteiger partial charge on any atom is -0.352 e. The van der Waals surface area contributed by atoms with E-state index in [1.807, 2.05) is 49.6 Å². The van der Waals surface area contributed by atoms with E-state index in [1.165, 1.54) is 0 Å². The van der Waals surface area contributed by atoms with Gasteiger partial charge in [0.1, 0.15) is 0 Å². The van der Waals surface area contributed by atoms with E-state index in [0.29, 0.717) is 18.0 Å². The van der Waals surface area contributed by atoms with Gasteiger partial charge in [0.25, 0.3) is 5.91 Å². The molecule has 5 heteroatoms. The average molecular weight is 310 g/mol. The predicted molar refractivity (Wildman–Crippen MR) is 90.5 cm³/mol. The van der Waals surface area contributed by atoms with Gasteiger partial charge in [-0.1, -0.05) is 18.2 Å². The molecule has 1 amide bonds. The molecule has 0 aliphatic carbocycles. The van der Waals surface area contributed by atoms with Crippen LogP contribution in [0.25, 0.3) is 0 Å². The largest absolute Gasteiger partial charge is 0.352 e. The molecule has 1 N–H and O–H groups in total. The number of anilines is 1. The number of aromatic nitrogens is 2. The monoisotopic (exact) mass is 310 g/mol. The van der Waals surface area contributed by atoms with Crippen LogP contribution >= 0.6 is 0 Å². The molecule has 1 aromatic carbocycles. The van der Waals surface area contributed by atoms with Crippen LogP contribution in [0, 0.1) is 12.8 Å². The van der Waals surface area contributed by atoms with E-state index < -0.39 is 0 Å². The van der Waals surface area contributed by atoms with E-state index in [1.54, 1.807) is 0 Å². The molecule has 1 atom stereocenters. The lowest BCUT2D eigenvalue weighted by Gasteiger charge is -2.32. The second-order valence-corrected chi connectivity index (χ2v) is 6.09. The highest BCUT2D eigenvalue weighted by atomic mass is 16.1. The van der Waals surface area contributed by atoms with Crippen molar-refractivity contribution in [1.29, 1.82) is 0 Å². The third-order valence-electron chi connectivity index (χ3n) is 4.16. The molecule has 1 aliphatic rings. The van der Waals surface area contributed by atoms with Crippen LogP contribution in [0.2, 0.25) is 0 Å². The summed E-state index contributed by atoms with van der Waals surface area (Å²) in [4.78, 5) is 23.2. The van der Waals surface area contributed by atoms with Gasteiger partial charge in [-0.15, -0.1) is 0 Å². The summed E-state index contributed by atoms with van der Waals surface area (Å²) in [6.45, 7) is 4.54. The summed E-state index contributed by atoms with van der Waals surface area (Å²) in [7, 11) is 0. The number of hydrogen-bond donors (Lipinski definition) is 1. The van der Waals surface area contributed by atoms with Crippen LogP contribution in [-0.2, 0) is 0 Å². The molecule has 3 rings (SSSR count). The Labute approximate surface area is 136 Å². The van der Waals surface area contributed by atoms with Crippen LogP contribution in [0.15, 0.2) is 42.7 Å². The lowest BCUT2D eigenvalue weighted by molar-refractivity contribution is 0.0945. The Kier molecular flexibility index (Phi) is 4.86. The highest BCUT2D eigenvalue weighted by molar-refractivity contribution is 5.94. The van der Waals surface area contributed by atoms with Gasteiger partial charge in [0, 0.05) is 37.6 Å². The lowest BCUT2D eigenvalue weighted by Crippen LogP contribution is -2.41. The fourth-order valence-corrected chi connectivity index (χ4v) is 2.89. The van der Waals surface area contributed by atoms with Crippen molar-refractivity contribution in [2.45, 2.75) is 19.8 Å². The van der Waals surface area contributed by atoms with E-state index in [0.717, 1.165) is 37.4 Å². The highest BCUT2D eigenvalue weighted by Gasteiger charge is 2.22. The number of nitrogens with one attached hydrogen (secondary N) is 1. The molecule has 0 spiro atoms. The summed E-state index contributed by atoms with van der Waals surface area (Å²) in [6.07, 6.45) is 5.92. The molecular formula is C18H22N4O. The van der Waals surface area contributed by atoms with Crippen molar-refractivity contribution in [3.8, 4) is 0 Å². The maximum Gasteiger partial charge on any atom is 0.251 e. The maximum atomic E-state index is 12.1. The molecule has 120 valence electrons. The van der Waals surface area contributed by atoms with Gasteiger partial charge >= 0.3 is 0 Å². The van der Waals surface area contributed by atoms with Crippen molar-refractivity contribution in [3.63, 3.8) is 0 Å². The molecule has 1 fully saturated rings. The topological polar surface area (TPSA) is 58.1 Å². The van der Waals surface area contributed by atoms with Crippen LogP contribution in [0.3, 0.4) is 0 Å². The molecule has 1 unspecified atom stereocenters. The zero-order chi connectivity index (χ0) is 16.1. The van der Waals surface area contributed by atoms with Crippen molar-refractivity contribution in [2.24, 2.45) is 5.92 Å². The number of amides is 1. The second-order valence-electron chi connectivity index (χ2n) is 6.09. The Morgan fingerprint density at radius 3 is 2.74 bits per heavy atom. The van der Waals surface area contributed by atoms with Gasteiger partial charge < -0.3 is 10.2 Å². The van der Waals surface area contributed by atoms with E-state index in [9.17, 15) is 4.79 Å². The first kappa shape index (κ1) is 15.5. The normalized spacial score (nSPS) is 17.8. The number of hydrogen-bond acceptors (Lipinski definition) is 4. The molecule has 0 radical (unpaired) electrons. The summed E-state index contributed by atoms with van der Waals surface area (Å²) in [6, 6.07) is 9.35. The first-order chi connectivity index (χ1) is 11.2. The molecule has 1 saturated heterocycles. The number of nitrogens with zero attached hydrogens (tertiary/aromatic N) is 3. The van der Waals surface area contributed by atoms with Crippen LogP contribution in [0.4, 0.5) is 5.95 Å². The minimum atomic E-state index is -0.00527. The molecule has 2 aromatic rings. The van der Waals surface area contributed by atoms with Gasteiger partial charge in [0.05, 0.1) is 0 Å². The Hall–Kier alpha value is -2.43. The smallest absolute Gasteiger partial charge is 0.251 e. The molecule has 2 heterocycles. The fraction of sp³-hybridized carbons (Fsp3) is 0.389. The van der Waals surface area contributed by atoms with Crippen LogP contribution < -0.4 is 10.2 Å². The van der Waals surface area contributed by atoms with E-state index in [-0.39, 0.29) is 5.91 Å². The lowest BCUT2D eigenvalue weighted by atomic mass is 9.98. The summed E-state index contributed by atoms with van der Waals surface area (Å²) in [5, 5.41) is 3.04. The van der Waals surface area contributed by atoms with Gasteiger partial charge in [-0.05, 0) is 43.4 Å². The standard InChI is InChI=1S/C18H22N4O/c1-14-10-20-18(21-11-14)22-9-5-6-15(13-22)12-19-17(23)16-7-3-2-4-8-16/h2-4,7-8,10-11,15H,5-6,9,12-13H2,1H3,(H,19,23). The molecule has 1 aromatic heterocycles. The fourth-order valence-electron chi connectivity index (χ4n) is 2.89. The van der Waals surface area contributed by atoms with E-state index in [4.69, 9.17) is 0 Å². The third kappa shape index (κ3) is 4.06. The number of piperidine rings is 1. The average Bonchev–Trinajstić information content (AvgIpc) is 2.61. The van der Waals surface area contributed by atoms with Gasteiger partial charge in [-0.3, -0.25) is 4.79 Å². The van der Waals surface area contributed by atoms with Gasteiger partial charge in [-0.25, -0.2) is 9.97 Å². The summed E-state index contributed by atoms with van der Waals surface area (Å²) in [5.74, 6) is 1.21. The van der Waals surface area contributed by atoms with E-state index >= 15 is 0 Å². The van der Waals surface area contributed by atoms with Crippen molar-refractivity contribution < 1.29 is 4.79 Å². The first-order valence-corrected chi connectivity index (χ1v) is 8.09. The minimum absolute atomic E-state index is 0.00527. The van der Waals surface area contributed by atoms with Gasteiger partial charge in [0.2, 0.25) is 5.95 Å². The summed E-state index contributed by atoms with van der Waals surface area (Å²) < 4.78 is 0. The second kappa shape index (κ2) is 7.22. The van der Waals surface area contributed by atoms with E-state index in [2.05, 4.69) is 20.2 Å². The van der Waals surface area contributed by atoms with Crippen LogP contribution in [0.1, 0.15) is 28.8 Å². The first-order valence-electron chi connectivity index (χ1n) is 8.09. The van der Waals surface area contributed by atoms with Crippen molar-refractivity contribution in [2.75, 3.05) is 24.5 Å². The molecule has 5 nitrogen and oxygen atoms in total. The molecular weight excluding hydrogens is 288 g/mol. The highest BCUT2D eigenvalue weighted by Crippen LogP contribution is 2.19. The molecule has 0 bridgehead atoms. The Balaban J connectivity index is 1.54.